The first-order valence-corrected chi connectivity index (χ1v) is 12.6. The molecule has 0 bridgehead atoms. The molecule has 182 valence electrons. The maximum Gasteiger partial charge on any atom is 0.255 e. The van der Waals surface area contributed by atoms with Crippen molar-refractivity contribution in [2.45, 2.75) is 75.5 Å². The number of carbonyl (C=O) groups excluding carboxylic acids is 2. The van der Waals surface area contributed by atoms with E-state index in [0.29, 0.717) is 44.2 Å². The molecule has 34 heavy (non-hydrogen) atoms. The van der Waals surface area contributed by atoms with E-state index in [1.54, 1.807) is 4.90 Å². The van der Waals surface area contributed by atoms with Crippen LogP contribution in [0.1, 0.15) is 60.9 Å². The number of fused-ring (bicyclic) bond motifs is 1. The molecule has 0 radical (unpaired) electrons. The van der Waals surface area contributed by atoms with Crippen LogP contribution in [0.4, 0.5) is 0 Å². The number of ether oxygens (including phenoxy) is 3. The van der Waals surface area contributed by atoms with E-state index >= 15 is 0 Å². The van der Waals surface area contributed by atoms with E-state index in [0.717, 1.165) is 62.2 Å². The van der Waals surface area contributed by atoms with Gasteiger partial charge in [0.15, 0.2) is 5.79 Å². The van der Waals surface area contributed by atoms with E-state index in [2.05, 4.69) is 16.8 Å². The lowest BCUT2D eigenvalue weighted by Gasteiger charge is -2.41. The van der Waals surface area contributed by atoms with Crippen molar-refractivity contribution >= 4 is 11.8 Å². The molecule has 1 saturated carbocycles. The highest BCUT2D eigenvalue weighted by Crippen LogP contribution is 2.37. The number of nitrogens with zero attached hydrogens (tertiary/aromatic N) is 2. The molecule has 1 spiro atoms. The first kappa shape index (κ1) is 22.1. The van der Waals surface area contributed by atoms with Gasteiger partial charge in [0.1, 0.15) is 17.9 Å². The molecule has 4 fully saturated rings. The van der Waals surface area contributed by atoms with Crippen molar-refractivity contribution < 1.29 is 23.8 Å². The molecule has 4 aliphatic heterocycles. The number of piperidine rings is 2. The number of carbonyl (C=O) groups is 2. The number of allylic oxidation sites excluding steroid dienone is 1. The molecule has 3 unspecified atom stereocenters. The number of hydrogen-bond acceptors (Lipinski definition) is 6. The van der Waals surface area contributed by atoms with Gasteiger partial charge in [0.2, 0.25) is 5.91 Å². The average molecular weight is 468 g/mol. The van der Waals surface area contributed by atoms with Crippen LogP contribution in [0, 0.1) is 0 Å². The fraction of sp³-hybridized carbons (Fsp3) is 0.615. The Morgan fingerprint density at radius 3 is 2.65 bits per heavy atom. The Hall–Kier alpha value is -2.42. The second-order valence-electron chi connectivity index (χ2n) is 10.2. The number of hydrogen-bond donors (Lipinski definition) is 1. The largest absolute Gasteiger partial charge is 0.489 e. The lowest BCUT2D eigenvalue weighted by Crippen LogP contribution is -2.51. The van der Waals surface area contributed by atoms with Gasteiger partial charge in [-0.3, -0.25) is 14.5 Å². The maximum absolute atomic E-state index is 13.0. The first-order valence-electron chi connectivity index (χ1n) is 12.6. The van der Waals surface area contributed by atoms with Gasteiger partial charge in [-0.2, -0.15) is 0 Å². The number of nitrogens with one attached hydrogen (secondary N) is 1. The van der Waals surface area contributed by atoms with Gasteiger partial charge >= 0.3 is 0 Å². The molecule has 8 heteroatoms. The second kappa shape index (κ2) is 8.66. The highest BCUT2D eigenvalue weighted by molar-refractivity contribution is 6.01. The quantitative estimate of drug-likeness (QED) is 0.733. The normalized spacial score (nSPS) is 31.2. The van der Waals surface area contributed by atoms with Crippen molar-refractivity contribution in [3.63, 3.8) is 0 Å². The molecule has 1 aromatic rings. The molecular formula is C26H33N3O5. The molecule has 2 amide bonds. The summed E-state index contributed by atoms with van der Waals surface area (Å²) in [5, 5.41) is 2.79. The van der Waals surface area contributed by atoms with Crippen LogP contribution in [0.15, 0.2) is 30.5 Å². The van der Waals surface area contributed by atoms with Crippen LogP contribution in [0.2, 0.25) is 0 Å². The summed E-state index contributed by atoms with van der Waals surface area (Å²) < 4.78 is 18.3. The molecule has 3 atom stereocenters. The van der Waals surface area contributed by atoms with Crippen LogP contribution in [0.3, 0.4) is 0 Å². The fourth-order valence-electron chi connectivity index (χ4n) is 6.32. The molecule has 0 aromatic heterocycles. The maximum atomic E-state index is 13.0. The van der Waals surface area contributed by atoms with Gasteiger partial charge in [-0.05, 0) is 55.9 Å². The molecule has 1 aromatic carbocycles. The van der Waals surface area contributed by atoms with Crippen molar-refractivity contribution in [3.8, 4) is 5.75 Å². The summed E-state index contributed by atoms with van der Waals surface area (Å²) in [6.45, 7) is 7.62. The van der Waals surface area contributed by atoms with Crippen molar-refractivity contribution in [3.05, 3.63) is 41.6 Å². The number of amides is 2. The van der Waals surface area contributed by atoms with Gasteiger partial charge < -0.3 is 24.4 Å². The van der Waals surface area contributed by atoms with Crippen LogP contribution in [0.5, 0.6) is 5.75 Å². The summed E-state index contributed by atoms with van der Waals surface area (Å²) in [6.07, 6.45) is 6.61. The number of benzene rings is 1. The molecule has 6 rings (SSSR count). The Bertz CT molecular complexity index is 994. The predicted octanol–water partition coefficient (Wildman–Crippen LogP) is 2.57. The van der Waals surface area contributed by atoms with Crippen molar-refractivity contribution in [1.82, 2.24) is 15.1 Å². The van der Waals surface area contributed by atoms with E-state index < -0.39 is 6.04 Å². The van der Waals surface area contributed by atoms with E-state index in [1.807, 2.05) is 18.2 Å². The Kier molecular flexibility index (Phi) is 5.62. The molecule has 1 aliphatic carbocycles. The van der Waals surface area contributed by atoms with Crippen LogP contribution < -0.4 is 10.1 Å². The van der Waals surface area contributed by atoms with Crippen LogP contribution in [-0.2, 0) is 20.8 Å². The third kappa shape index (κ3) is 3.91. The lowest BCUT2D eigenvalue weighted by atomic mass is 10.0. The summed E-state index contributed by atoms with van der Waals surface area (Å²) in [6, 6.07) is 5.71. The average Bonchev–Trinajstić information content (AvgIpc) is 3.55. The minimum absolute atomic E-state index is 0.0773. The monoisotopic (exact) mass is 467 g/mol. The van der Waals surface area contributed by atoms with Crippen molar-refractivity contribution in [2.75, 3.05) is 26.3 Å². The van der Waals surface area contributed by atoms with E-state index in [4.69, 9.17) is 14.2 Å². The minimum atomic E-state index is -0.441. The second-order valence-corrected chi connectivity index (χ2v) is 10.2. The summed E-state index contributed by atoms with van der Waals surface area (Å²) in [5.41, 5.74) is 2.33. The minimum Gasteiger partial charge on any atom is -0.489 e. The third-order valence-electron chi connectivity index (χ3n) is 8.15. The number of rotatable bonds is 4. The summed E-state index contributed by atoms with van der Waals surface area (Å²) in [4.78, 5) is 29.7. The Morgan fingerprint density at radius 2 is 1.88 bits per heavy atom. The SMILES string of the molecule is C=C1CCC(N2Cc3cc(OC4CCCC4N4CCC5(CC4)OCCO5)ccc3C2=O)C(=O)N1. The van der Waals surface area contributed by atoms with Crippen molar-refractivity contribution in [2.24, 2.45) is 0 Å². The Morgan fingerprint density at radius 1 is 1.09 bits per heavy atom. The number of likely N-dealkylation sites (tertiary alicyclic amines) is 1. The summed E-state index contributed by atoms with van der Waals surface area (Å²) in [5.74, 6) is 0.237. The van der Waals surface area contributed by atoms with E-state index in [1.165, 1.54) is 0 Å². The predicted molar refractivity (Wildman–Crippen MR) is 124 cm³/mol. The first-order chi connectivity index (χ1) is 16.5. The molecule has 1 N–H and O–H groups in total. The molecular weight excluding hydrogens is 434 g/mol. The third-order valence-corrected chi connectivity index (χ3v) is 8.15. The summed E-state index contributed by atoms with van der Waals surface area (Å²) >= 11 is 0. The highest BCUT2D eigenvalue weighted by atomic mass is 16.7. The lowest BCUT2D eigenvalue weighted by molar-refractivity contribution is -0.189. The van der Waals surface area contributed by atoms with E-state index in [-0.39, 0.29) is 23.7 Å². The molecule has 4 heterocycles. The zero-order valence-corrected chi connectivity index (χ0v) is 19.6. The van der Waals surface area contributed by atoms with Crippen LogP contribution in [-0.4, -0.2) is 71.9 Å². The summed E-state index contributed by atoms with van der Waals surface area (Å²) in [7, 11) is 0. The zero-order chi connectivity index (χ0) is 23.3. The standard InChI is InChI=1S/C26H33N3O5/c1-17-5-8-22(24(30)27-17)29-16-18-15-19(6-7-20(18)25(29)31)34-23-4-2-3-21(23)28-11-9-26(10-12-28)32-13-14-33-26/h6-7,15,21-23H,1-5,8-14,16H2,(H,27,30). The van der Waals surface area contributed by atoms with Gasteiger partial charge in [0, 0.05) is 49.8 Å². The molecule has 8 nitrogen and oxygen atoms in total. The molecule has 3 saturated heterocycles. The highest BCUT2D eigenvalue weighted by Gasteiger charge is 2.44. The molecule has 5 aliphatic rings. The smallest absolute Gasteiger partial charge is 0.255 e. The van der Waals surface area contributed by atoms with E-state index in [9.17, 15) is 9.59 Å². The van der Waals surface area contributed by atoms with Gasteiger partial charge in [0.25, 0.3) is 5.91 Å². The van der Waals surface area contributed by atoms with Crippen LogP contribution in [0.25, 0.3) is 0 Å². The van der Waals surface area contributed by atoms with Gasteiger partial charge in [0.05, 0.1) is 13.2 Å². The fourth-order valence-corrected chi connectivity index (χ4v) is 6.32. The van der Waals surface area contributed by atoms with Crippen molar-refractivity contribution in [1.29, 1.82) is 0 Å². The van der Waals surface area contributed by atoms with Gasteiger partial charge in [-0.15, -0.1) is 0 Å². The van der Waals surface area contributed by atoms with Crippen LogP contribution >= 0.6 is 0 Å². The Balaban J connectivity index is 1.11. The topological polar surface area (TPSA) is 80.3 Å². The van der Waals surface area contributed by atoms with Gasteiger partial charge in [-0.25, -0.2) is 0 Å². The Labute approximate surface area is 200 Å². The van der Waals surface area contributed by atoms with Gasteiger partial charge in [-0.1, -0.05) is 6.58 Å². The zero-order valence-electron chi connectivity index (χ0n) is 19.6.